The molecule has 2 unspecified atom stereocenters. The van der Waals surface area contributed by atoms with E-state index in [4.69, 9.17) is 9.47 Å². The number of carboxylic acids is 1. The van der Waals surface area contributed by atoms with E-state index in [1.54, 1.807) is 30.3 Å². The first-order valence-electron chi connectivity index (χ1n) is 12.8. The number of halogens is 1. The van der Waals surface area contributed by atoms with E-state index in [-0.39, 0.29) is 30.2 Å². The quantitative estimate of drug-likeness (QED) is 0.249. The average Bonchev–Trinajstić information content (AvgIpc) is 2.90. The molecule has 11 nitrogen and oxygen atoms in total. The van der Waals surface area contributed by atoms with E-state index < -0.39 is 51.8 Å². The van der Waals surface area contributed by atoms with Crippen LogP contribution in [0.2, 0.25) is 0 Å². The Labute approximate surface area is 241 Å². The van der Waals surface area contributed by atoms with Crippen LogP contribution in [0.25, 0.3) is 0 Å². The Morgan fingerprint density at radius 3 is 2.33 bits per heavy atom. The predicted molar refractivity (Wildman–Crippen MR) is 146 cm³/mol. The number of hydrogen-bond acceptors (Lipinski definition) is 8. The van der Waals surface area contributed by atoms with Crippen molar-refractivity contribution in [2.45, 2.75) is 43.1 Å². The molecular weight excluding hydrogens is 571 g/mol. The molecule has 1 fully saturated rings. The fourth-order valence-electron chi connectivity index (χ4n) is 4.50. The van der Waals surface area contributed by atoms with Crippen molar-refractivity contribution in [2.75, 3.05) is 13.1 Å². The Kier molecular flexibility index (Phi) is 9.12. The molecule has 0 saturated carbocycles. The minimum absolute atomic E-state index is 0.0498. The molecule has 2 atom stereocenters. The second-order valence-electron chi connectivity index (χ2n) is 9.66. The normalized spacial score (nSPS) is 15.9. The topological polar surface area (TPSA) is 149 Å². The molecule has 3 aromatic carbocycles. The summed E-state index contributed by atoms with van der Waals surface area (Å²) in [6.45, 7) is 2.31. The number of carboxylic acid groups (broad SMARTS) is 1. The number of aliphatic carboxylic acids is 1. The predicted octanol–water partition coefficient (Wildman–Crippen LogP) is 3.44. The first-order valence-corrected chi connectivity index (χ1v) is 14.3. The van der Waals surface area contributed by atoms with Gasteiger partial charge in [0.15, 0.2) is 5.60 Å². The second kappa shape index (κ2) is 12.6. The number of esters is 1. The summed E-state index contributed by atoms with van der Waals surface area (Å²) < 4.78 is 57.9. The zero-order valence-corrected chi connectivity index (χ0v) is 23.5. The highest BCUT2D eigenvalue weighted by Crippen LogP contribution is 2.40. The zero-order chi connectivity index (χ0) is 30.5. The average molecular weight is 601 g/mol. The van der Waals surface area contributed by atoms with Crippen molar-refractivity contribution in [3.63, 3.8) is 0 Å². The van der Waals surface area contributed by atoms with Gasteiger partial charge in [0.2, 0.25) is 16.3 Å². The first kappa shape index (κ1) is 30.5. The van der Waals surface area contributed by atoms with E-state index >= 15 is 0 Å². The lowest BCUT2D eigenvalue weighted by Crippen LogP contribution is -2.64. The molecule has 13 heteroatoms. The van der Waals surface area contributed by atoms with Gasteiger partial charge in [-0.2, -0.15) is 4.31 Å². The summed E-state index contributed by atoms with van der Waals surface area (Å²) in [6.07, 6.45) is -2.63. The van der Waals surface area contributed by atoms with Gasteiger partial charge in [0.05, 0.1) is 18.0 Å². The summed E-state index contributed by atoms with van der Waals surface area (Å²) in [4.78, 5) is 34.8. The lowest BCUT2D eigenvalue weighted by Gasteiger charge is -2.48. The first-order chi connectivity index (χ1) is 19.9. The second-order valence-corrected chi connectivity index (χ2v) is 11.6. The summed E-state index contributed by atoms with van der Waals surface area (Å²) in [5.74, 6) is -2.30. The van der Waals surface area contributed by atoms with Crippen LogP contribution in [0.1, 0.15) is 25.0 Å². The lowest BCUT2D eigenvalue weighted by molar-refractivity contribution is -0.162. The third kappa shape index (κ3) is 7.22. The Morgan fingerprint density at radius 1 is 1.00 bits per heavy atom. The molecule has 42 heavy (non-hydrogen) atoms. The van der Waals surface area contributed by atoms with Crippen molar-refractivity contribution < 1.29 is 46.5 Å². The molecule has 222 valence electrons. The van der Waals surface area contributed by atoms with E-state index in [0.717, 1.165) is 12.5 Å². The maximum absolute atomic E-state index is 13.8. The largest absolute Gasteiger partial charge is 0.480 e. The molecule has 0 bridgehead atoms. The van der Waals surface area contributed by atoms with Crippen molar-refractivity contribution in [1.29, 1.82) is 0 Å². The summed E-state index contributed by atoms with van der Waals surface area (Å²) in [6, 6.07) is 18.9. The number of ether oxygens (including phenoxy) is 3. The maximum Gasteiger partial charge on any atom is 0.410 e. The standard InChI is InChI=1S/C29H29FN2O9S/c1-19(33)39-20(2)40-28(36)31-26(27(34)35)15-21-8-6-13-25(14-21)42(37,38)32-17-29(18-32,22-9-4-3-5-10-22)41-24-12-7-11-23(30)16-24/h3-14,16,20,26H,15,17-18H2,1-2H3,(H,31,36)(H,34,35). The van der Waals surface area contributed by atoms with Crippen LogP contribution in [0.3, 0.4) is 0 Å². The van der Waals surface area contributed by atoms with E-state index in [2.05, 4.69) is 10.1 Å². The summed E-state index contributed by atoms with van der Waals surface area (Å²) in [5.41, 5.74) is -0.0100. The molecule has 0 radical (unpaired) electrons. The van der Waals surface area contributed by atoms with Crippen LogP contribution in [-0.2, 0) is 41.1 Å². The van der Waals surface area contributed by atoms with Crippen molar-refractivity contribution in [2.24, 2.45) is 0 Å². The third-order valence-corrected chi connectivity index (χ3v) is 8.23. The fourth-order valence-corrected chi connectivity index (χ4v) is 6.11. The maximum atomic E-state index is 13.8. The Morgan fingerprint density at radius 2 is 1.69 bits per heavy atom. The van der Waals surface area contributed by atoms with Crippen LogP contribution < -0.4 is 10.1 Å². The van der Waals surface area contributed by atoms with E-state index in [1.165, 1.54) is 53.7 Å². The molecule has 0 aliphatic carbocycles. The smallest absolute Gasteiger partial charge is 0.410 e. The van der Waals surface area contributed by atoms with Gasteiger partial charge in [-0.05, 0) is 35.4 Å². The van der Waals surface area contributed by atoms with E-state index in [9.17, 15) is 32.3 Å². The summed E-state index contributed by atoms with van der Waals surface area (Å²) in [5, 5.41) is 11.8. The number of sulfonamides is 1. The van der Waals surface area contributed by atoms with Crippen LogP contribution in [0, 0.1) is 5.82 Å². The lowest BCUT2D eigenvalue weighted by atomic mass is 9.87. The number of amides is 1. The van der Waals surface area contributed by atoms with Gasteiger partial charge in [-0.25, -0.2) is 22.4 Å². The SMILES string of the molecule is CC(=O)OC(C)OC(=O)NC(Cc1cccc(S(=O)(=O)N2CC(Oc3cccc(F)c3)(c3ccccc3)C2)c1)C(=O)O. The highest BCUT2D eigenvalue weighted by Gasteiger charge is 2.52. The van der Waals surface area contributed by atoms with Crippen molar-refractivity contribution in [3.8, 4) is 5.75 Å². The van der Waals surface area contributed by atoms with Crippen LogP contribution >= 0.6 is 0 Å². The molecule has 1 aliphatic rings. The van der Waals surface area contributed by atoms with Gasteiger partial charge < -0.3 is 24.6 Å². The molecule has 1 aliphatic heterocycles. The highest BCUT2D eigenvalue weighted by molar-refractivity contribution is 7.89. The molecule has 1 amide bonds. The van der Waals surface area contributed by atoms with Gasteiger partial charge in [0.1, 0.15) is 17.6 Å². The van der Waals surface area contributed by atoms with Crippen LogP contribution in [0.4, 0.5) is 9.18 Å². The number of nitrogens with zero attached hydrogens (tertiary/aromatic N) is 1. The molecule has 2 N–H and O–H groups in total. The van der Waals surface area contributed by atoms with E-state index in [1.807, 2.05) is 6.07 Å². The number of benzene rings is 3. The number of nitrogens with one attached hydrogen (secondary N) is 1. The van der Waals surface area contributed by atoms with Crippen molar-refractivity contribution in [3.05, 3.63) is 95.8 Å². The van der Waals surface area contributed by atoms with Crippen LogP contribution in [-0.4, -0.2) is 61.3 Å². The van der Waals surface area contributed by atoms with Crippen molar-refractivity contribution >= 4 is 28.1 Å². The molecule has 1 heterocycles. The summed E-state index contributed by atoms with van der Waals surface area (Å²) in [7, 11) is -4.04. The minimum Gasteiger partial charge on any atom is -0.480 e. The van der Waals surface area contributed by atoms with Gasteiger partial charge >= 0.3 is 18.0 Å². The monoisotopic (exact) mass is 600 g/mol. The Hall–Kier alpha value is -4.49. The number of rotatable bonds is 11. The summed E-state index contributed by atoms with van der Waals surface area (Å²) >= 11 is 0. The molecule has 0 aromatic heterocycles. The van der Waals surface area contributed by atoms with Crippen molar-refractivity contribution in [1.82, 2.24) is 9.62 Å². The minimum atomic E-state index is -4.04. The Bertz CT molecular complexity index is 1560. The van der Waals surface area contributed by atoms with Gasteiger partial charge in [-0.15, -0.1) is 0 Å². The number of carbonyl (C=O) groups excluding carboxylic acids is 2. The highest BCUT2D eigenvalue weighted by atomic mass is 32.2. The zero-order valence-electron chi connectivity index (χ0n) is 22.7. The molecule has 3 aromatic rings. The molecule has 1 saturated heterocycles. The number of hydrogen-bond donors (Lipinski definition) is 2. The van der Waals surface area contributed by atoms with Gasteiger partial charge in [0, 0.05) is 26.3 Å². The van der Waals surface area contributed by atoms with Gasteiger partial charge in [-0.1, -0.05) is 48.5 Å². The van der Waals surface area contributed by atoms with Gasteiger partial charge in [0.25, 0.3) is 0 Å². The Balaban J connectivity index is 1.49. The van der Waals surface area contributed by atoms with Crippen LogP contribution in [0.5, 0.6) is 5.75 Å². The number of carbonyl (C=O) groups is 3. The third-order valence-electron chi connectivity index (χ3n) is 6.44. The fraction of sp³-hybridized carbons (Fsp3) is 0.276. The molecule has 4 rings (SSSR count). The van der Waals surface area contributed by atoms with E-state index in [0.29, 0.717) is 5.56 Å². The molecule has 0 spiro atoms. The number of alkyl carbamates (subject to hydrolysis) is 1. The van der Waals surface area contributed by atoms with Crippen LogP contribution in [0.15, 0.2) is 83.8 Å². The molecular formula is C29H29FN2O9S. The van der Waals surface area contributed by atoms with Gasteiger partial charge in [-0.3, -0.25) is 4.79 Å².